The van der Waals surface area contributed by atoms with Gasteiger partial charge in [0.15, 0.2) is 0 Å². The molecule has 3 heterocycles. The number of carbonyl (C=O) groups is 1. The normalized spacial score (nSPS) is 25.8. The van der Waals surface area contributed by atoms with Crippen molar-refractivity contribution < 1.29 is 4.79 Å². The molecule has 2 saturated heterocycles. The van der Waals surface area contributed by atoms with Crippen LogP contribution in [0, 0.1) is 11.8 Å². The molecule has 5 nitrogen and oxygen atoms in total. The fraction of sp³-hybridized carbons (Fsp3) is 0.692. The number of carbonyl (C=O) groups excluding carboxylic acids is 1. The summed E-state index contributed by atoms with van der Waals surface area (Å²) in [6.45, 7) is 4.38. The van der Waals surface area contributed by atoms with Gasteiger partial charge in [-0.25, -0.2) is 0 Å². The summed E-state index contributed by atoms with van der Waals surface area (Å²) in [6, 6.07) is 0. The maximum Gasteiger partial charge on any atom is 0.244 e. The third kappa shape index (κ3) is 3.54. The van der Waals surface area contributed by atoms with E-state index in [1.54, 1.807) is 10.9 Å². The van der Waals surface area contributed by atoms with E-state index in [2.05, 4.69) is 26.3 Å². The van der Waals surface area contributed by atoms with E-state index < -0.39 is 0 Å². The van der Waals surface area contributed by atoms with E-state index in [-0.39, 0.29) is 18.3 Å². The minimum absolute atomic E-state index is 0. The second-order valence-electron chi connectivity index (χ2n) is 5.49. The molecule has 0 aliphatic carbocycles. The van der Waals surface area contributed by atoms with Crippen molar-refractivity contribution in [3.8, 4) is 0 Å². The van der Waals surface area contributed by atoms with Gasteiger partial charge in [-0.05, 0) is 53.7 Å². The lowest BCUT2D eigenvalue weighted by molar-refractivity contribution is -0.132. The van der Waals surface area contributed by atoms with Gasteiger partial charge in [0.2, 0.25) is 5.91 Å². The smallest absolute Gasteiger partial charge is 0.244 e. The van der Waals surface area contributed by atoms with Crippen molar-refractivity contribution in [1.82, 2.24) is 20.0 Å². The number of hydrogen-bond acceptors (Lipinski definition) is 3. The summed E-state index contributed by atoms with van der Waals surface area (Å²) >= 11 is 3.35. The first-order valence-electron chi connectivity index (χ1n) is 6.89. The van der Waals surface area contributed by atoms with E-state index in [1.807, 2.05) is 11.1 Å². The molecule has 20 heavy (non-hydrogen) atoms. The maximum atomic E-state index is 12.3. The molecule has 2 aliphatic rings. The molecule has 0 spiro atoms. The number of aromatic nitrogens is 2. The van der Waals surface area contributed by atoms with Gasteiger partial charge in [-0.2, -0.15) is 5.10 Å². The van der Waals surface area contributed by atoms with Crippen molar-refractivity contribution in [2.24, 2.45) is 11.8 Å². The highest BCUT2D eigenvalue weighted by atomic mass is 79.9. The topological polar surface area (TPSA) is 50.2 Å². The zero-order chi connectivity index (χ0) is 13.2. The van der Waals surface area contributed by atoms with Gasteiger partial charge in [-0.3, -0.25) is 9.48 Å². The first-order valence-corrected chi connectivity index (χ1v) is 7.68. The molecule has 1 N–H and O–H groups in total. The Hall–Kier alpha value is -0.590. The molecule has 0 saturated carbocycles. The third-order valence-corrected chi connectivity index (χ3v) is 4.68. The van der Waals surface area contributed by atoms with Crippen LogP contribution in [0.15, 0.2) is 16.9 Å². The number of amides is 1. The van der Waals surface area contributed by atoms with E-state index in [0.717, 1.165) is 55.3 Å². The summed E-state index contributed by atoms with van der Waals surface area (Å²) in [5.74, 6) is 1.71. The van der Waals surface area contributed by atoms with Crippen LogP contribution >= 0.6 is 28.3 Å². The number of likely N-dealkylation sites (tertiary alicyclic amines) is 1. The van der Waals surface area contributed by atoms with Gasteiger partial charge in [-0.15, -0.1) is 12.4 Å². The summed E-state index contributed by atoms with van der Waals surface area (Å²) in [6.07, 6.45) is 5.82. The van der Waals surface area contributed by atoms with Gasteiger partial charge >= 0.3 is 0 Å². The number of nitrogens with one attached hydrogen (secondary N) is 1. The van der Waals surface area contributed by atoms with E-state index >= 15 is 0 Å². The van der Waals surface area contributed by atoms with Crippen LogP contribution in [0.2, 0.25) is 0 Å². The van der Waals surface area contributed by atoms with Crippen molar-refractivity contribution in [3.05, 3.63) is 16.9 Å². The number of fused-ring (bicyclic) bond motifs is 1. The van der Waals surface area contributed by atoms with Gasteiger partial charge in [0.05, 0.1) is 10.7 Å². The first-order chi connectivity index (χ1) is 9.22. The Labute approximate surface area is 133 Å². The van der Waals surface area contributed by atoms with Crippen molar-refractivity contribution in [1.29, 1.82) is 0 Å². The average Bonchev–Trinajstić information content (AvgIpc) is 2.94. The molecule has 2 fully saturated rings. The Morgan fingerprint density at radius 1 is 1.35 bits per heavy atom. The Morgan fingerprint density at radius 2 is 2.00 bits per heavy atom. The molecule has 3 rings (SSSR count). The second-order valence-corrected chi connectivity index (χ2v) is 6.41. The first kappa shape index (κ1) is 15.8. The van der Waals surface area contributed by atoms with E-state index in [1.165, 1.54) is 0 Å². The molecule has 0 unspecified atom stereocenters. The Kier molecular flexibility index (Phi) is 5.46. The molecule has 2 aliphatic heterocycles. The fourth-order valence-electron chi connectivity index (χ4n) is 3.13. The summed E-state index contributed by atoms with van der Waals surface area (Å²) in [5, 5.41) is 7.60. The van der Waals surface area contributed by atoms with Gasteiger partial charge < -0.3 is 10.2 Å². The van der Waals surface area contributed by atoms with Crippen LogP contribution in [-0.2, 0) is 11.3 Å². The van der Waals surface area contributed by atoms with E-state index in [9.17, 15) is 4.79 Å². The lowest BCUT2D eigenvalue weighted by atomic mass is 9.92. The summed E-state index contributed by atoms with van der Waals surface area (Å²) < 4.78 is 2.61. The monoisotopic (exact) mass is 362 g/mol. The van der Waals surface area contributed by atoms with E-state index in [0.29, 0.717) is 6.54 Å². The molecule has 2 atom stereocenters. The molecule has 1 aromatic rings. The van der Waals surface area contributed by atoms with Crippen LogP contribution in [0.4, 0.5) is 0 Å². The molecule has 0 bridgehead atoms. The molecular formula is C13H20BrClN4O. The minimum atomic E-state index is 0. The highest BCUT2D eigenvalue weighted by Crippen LogP contribution is 2.27. The van der Waals surface area contributed by atoms with Crippen LogP contribution in [0.1, 0.15) is 12.8 Å². The lowest BCUT2D eigenvalue weighted by Crippen LogP contribution is -2.35. The molecule has 1 aromatic heterocycles. The Balaban J connectivity index is 0.00000147. The third-order valence-electron chi connectivity index (χ3n) is 4.27. The molecule has 7 heteroatoms. The lowest BCUT2D eigenvalue weighted by Gasteiger charge is -2.20. The van der Waals surface area contributed by atoms with Gasteiger partial charge in [-0.1, -0.05) is 0 Å². The summed E-state index contributed by atoms with van der Waals surface area (Å²) in [4.78, 5) is 14.3. The minimum Gasteiger partial charge on any atom is -0.341 e. The summed E-state index contributed by atoms with van der Waals surface area (Å²) in [7, 11) is 0. The fourth-order valence-corrected chi connectivity index (χ4v) is 3.46. The molecular weight excluding hydrogens is 344 g/mol. The number of rotatable bonds is 2. The number of nitrogens with zero attached hydrogens (tertiary/aromatic N) is 3. The standard InChI is InChI=1S/C13H19BrN4O.ClH/c14-12-7-16-18(8-12)9-13(19)17-3-1-10-5-15-6-11(10)2-4-17;/h7-8,10-11,15H,1-6,9H2;1H/t10-,11+;. The van der Waals surface area contributed by atoms with Crippen molar-refractivity contribution >= 4 is 34.2 Å². The van der Waals surface area contributed by atoms with Gasteiger partial charge in [0.1, 0.15) is 6.54 Å². The van der Waals surface area contributed by atoms with Crippen LogP contribution in [0.25, 0.3) is 0 Å². The zero-order valence-corrected chi connectivity index (χ0v) is 13.7. The predicted molar refractivity (Wildman–Crippen MR) is 82.8 cm³/mol. The highest BCUT2D eigenvalue weighted by molar-refractivity contribution is 9.10. The van der Waals surface area contributed by atoms with Crippen molar-refractivity contribution in [2.45, 2.75) is 19.4 Å². The molecule has 1 amide bonds. The van der Waals surface area contributed by atoms with Crippen LogP contribution in [-0.4, -0.2) is 46.8 Å². The zero-order valence-electron chi connectivity index (χ0n) is 11.3. The molecule has 112 valence electrons. The quantitative estimate of drug-likeness (QED) is 0.867. The highest BCUT2D eigenvalue weighted by Gasteiger charge is 2.31. The number of halogens is 2. The largest absolute Gasteiger partial charge is 0.341 e. The van der Waals surface area contributed by atoms with Crippen molar-refractivity contribution in [2.75, 3.05) is 26.2 Å². The van der Waals surface area contributed by atoms with Crippen LogP contribution in [0.3, 0.4) is 0 Å². The maximum absolute atomic E-state index is 12.3. The Morgan fingerprint density at radius 3 is 2.55 bits per heavy atom. The van der Waals surface area contributed by atoms with E-state index in [4.69, 9.17) is 0 Å². The average molecular weight is 364 g/mol. The number of hydrogen-bond donors (Lipinski definition) is 1. The molecule has 0 radical (unpaired) electrons. The predicted octanol–water partition coefficient (Wildman–Crippen LogP) is 1.53. The SMILES string of the molecule is Cl.O=C(Cn1cc(Br)cn1)N1CC[C@@H]2CNC[C@@H]2CC1. The van der Waals surface area contributed by atoms with Crippen molar-refractivity contribution in [3.63, 3.8) is 0 Å². The molecule has 0 aromatic carbocycles. The Bertz CT molecular complexity index is 453. The second kappa shape index (κ2) is 6.91. The summed E-state index contributed by atoms with van der Waals surface area (Å²) in [5.41, 5.74) is 0. The van der Waals surface area contributed by atoms with Gasteiger partial charge in [0.25, 0.3) is 0 Å². The van der Waals surface area contributed by atoms with Crippen LogP contribution in [0.5, 0.6) is 0 Å². The van der Waals surface area contributed by atoms with Gasteiger partial charge in [0, 0.05) is 19.3 Å². The van der Waals surface area contributed by atoms with Crippen LogP contribution < -0.4 is 5.32 Å².